The van der Waals surface area contributed by atoms with Crippen molar-refractivity contribution in [2.75, 3.05) is 0 Å². The average molecular weight is 412 g/mol. The van der Waals surface area contributed by atoms with Gasteiger partial charge in [-0.2, -0.15) is 0 Å². The highest BCUT2D eigenvalue weighted by Crippen LogP contribution is 2.19. The fourth-order valence-corrected chi connectivity index (χ4v) is 5.04. The third-order valence-electron chi connectivity index (χ3n) is 5.49. The number of hydrogen-bond acceptors (Lipinski definition) is 4. The molecule has 1 aliphatic carbocycles. The Morgan fingerprint density at radius 1 is 1.10 bits per heavy atom. The zero-order chi connectivity index (χ0) is 20.5. The van der Waals surface area contributed by atoms with Crippen molar-refractivity contribution < 1.29 is 4.79 Å². The van der Waals surface area contributed by atoms with Gasteiger partial charge >= 0.3 is 5.69 Å². The minimum atomic E-state index is -0.482. The number of aryl methyl sites for hydroxylation is 2. The highest BCUT2D eigenvalue weighted by Gasteiger charge is 2.20. The van der Waals surface area contributed by atoms with Crippen molar-refractivity contribution in [1.82, 2.24) is 14.5 Å². The van der Waals surface area contributed by atoms with Gasteiger partial charge in [-0.25, -0.2) is 9.36 Å². The number of nitrogens with zero attached hydrogens (tertiary/aromatic N) is 2. The first-order valence-corrected chi connectivity index (χ1v) is 10.9. The van der Waals surface area contributed by atoms with E-state index in [1.807, 2.05) is 32.0 Å². The van der Waals surface area contributed by atoms with Crippen LogP contribution in [0.15, 0.2) is 39.2 Å². The normalized spacial score (nSPS) is 15.0. The molecule has 0 saturated heterocycles. The summed E-state index contributed by atoms with van der Waals surface area (Å²) in [5, 5.41) is 4.85. The van der Waals surface area contributed by atoms with Crippen molar-refractivity contribution in [2.24, 2.45) is 0 Å². The van der Waals surface area contributed by atoms with E-state index < -0.39 is 5.69 Å². The van der Waals surface area contributed by atoms with Crippen LogP contribution >= 0.6 is 11.3 Å². The van der Waals surface area contributed by atoms with Crippen LogP contribution in [0.3, 0.4) is 0 Å². The largest absolute Gasteiger partial charge is 0.352 e. The number of rotatable bonds is 4. The lowest BCUT2D eigenvalue weighted by Crippen LogP contribution is -2.43. The highest BCUT2D eigenvalue weighted by atomic mass is 32.1. The topological polar surface area (TPSA) is 73.1 Å². The molecule has 4 rings (SSSR count). The fraction of sp³-hybridized carbons (Fsp3) is 0.409. The van der Waals surface area contributed by atoms with Gasteiger partial charge in [0.2, 0.25) is 5.91 Å². The van der Waals surface area contributed by atoms with Crippen LogP contribution < -0.4 is 16.6 Å². The Labute approximate surface area is 172 Å². The van der Waals surface area contributed by atoms with Crippen LogP contribution in [0, 0.1) is 13.8 Å². The molecule has 1 amide bonds. The molecular formula is C22H25N3O3S. The Morgan fingerprint density at radius 2 is 1.79 bits per heavy atom. The Morgan fingerprint density at radius 3 is 2.48 bits per heavy atom. The van der Waals surface area contributed by atoms with Crippen molar-refractivity contribution in [3.05, 3.63) is 61.6 Å². The van der Waals surface area contributed by atoms with Crippen LogP contribution in [0.5, 0.6) is 0 Å². The van der Waals surface area contributed by atoms with Crippen molar-refractivity contribution in [1.29, 1.82) is 0 Å². The van der Waals surface area contributed by atoms with Gasteiger partial charge in [-0.1, -0.05) is 25.3 Å². The quantitative estimate of drug-likeness (QED) is 0.716. The molecule has 0 spiro atoms. The summed E-state index contributed by atoms with van der Waals surface area (Å²) in [5.41, 5.74) is 2.18. The molecule has 0 bridgehead atoms. The average Bonchev–Trinajstić information content (AvgIpc) is 3.15. The Bertz CT molecular complexity index is 1160. The van der Waals surface area contributed by atoms with Crippen molar-refractivity contribution in [2.45, 2.75) is 58.5 Å². The first kappa shape index (κ1) is 19.6. The molecule has 3 aromatic rings. The molecule has 1 fully saturated rings. The molecule has 1 N–H and O–H groups in total. The van der Waals surface area contributed by atoms with Gasteiger partial charge in [-0.3, -0.25) is 14.2 Å². The SMILES string of the molecule is Cc1cc(C)cc(-n2c(=O)c3sccc3n(CC(=O)NC3CCCCC3)c2=O)c1. The maximum absolute atomic E-state index is 13.3. The van der Waals surface area contributed by atoms with E-state index in [9.17, 15) is 14.4 Å². The van der Waals surface area contributed by atoms with Crippen LogP contribution in [0.4, 0.5) is 0 Å². The Kier molecular flexibility index (Phi) is 5.41. The van der Waals surface area contributed by atoms with E-state index in [0.717, 1.165) is 36.8 Å². The molecule has 1 saturated carbocycles. The molecule has 29 heavy (non-hydrogen) atoms. The van der Waals surface area contributed by atoms with Gasteiger partial charge in [0.05, 0.1) is 11.2 Å². The molecule has 1 aromatic carbocycles. The maximum atomic E-state index is 13.3. The molecule has 0 unspecified atom stereocenters. The summed E-state index contributed by atoms with van der Waals surface area (Å²) in [4.78, 5) is 39.0. The van der Waals surface area contributed by atoms with E-state index in [4.69, 9.17) is 0 Å². The first-order chi connectivity index (χ1) is 13.9. The molecule has 0 atom stereocenters. The van der Waals surface area contributed by atoms with E-state index >= 15 is 0 Å². The number of carbonyl (C=O) groups is 1. The summed E-state index contributed by atoms with van der Waals surface area (Å²) in [7, 11) is 0. The van der Waals surface area contributed by atoms with E-state index in [-0.39, 0.29) is 24.1 Å². The number of thiophene rings is 1. The number of amides is 1. The van der Waals surface area contributed by atoms with Gasteiger partial charge in [-0.15, -0.1) is 11.3 Å². The number of benzene rings is 1. The summed E-state index contributed by atoms with van der Waals surface area (Å²) in [6.45, 7) is 3.77. The number of nitrogens with one attached hydrogen (secondary N) is 1. The molecule has 0 radical (unpaired) electrons. The molecule has 1 aliphatic rings. The smallest absolute Gasteiger partial charge is 0.336 e. The van der Waals surface area contributed by atoms with Gasteiger partial charge < -0.3 is 5.32 Å². The van der Waals surface area contributed by atoms with Crippen molar-refractivity contribution in [3.63, 3.8) is 0 Å². The lowest BCUT2D eigenvalue weighted by atomic mass is 9.95. The van der Waals surface area contributed by atoms with Crippen LogP contribution in [-0.2, 0) is 11.3 Å². The Hall–Kier alpha value is -2.67. The van der Waals surface area contributed by atoms with Crippen LogP contribution in [0.1, 0.15) is 43.2 Å². The monoisotopic (exact) mass is 411 g/mol. The summed E-state index contributed by atoms with van der Waals surface area (Å²) >= 11 is 1.29. The van der Waals surface area contributed by atoms with Crippen LogP contribution in [-0.4, -0.2) is 21.1 Å². The minimum Gasteiger partial charge on any atom is -0.352 e. The second-order valence-electron chi connectivity index (χ2n) is 7.89. The first-order valence-electron chi connectivity index (χ1n) is 10.0. The predicted octanol–water partition coefficient (Wildman–Crippen LogP) is 3.28. The zero-order valence-corrected chi connectivity index (χ0v) is 17.6. The van der Waals surface area contributed by atoms with Crippen molar-refractivity contribution >= 4 is 27.5 Å². The lowest BCUT2D eigenvalue weighted by molar-refractivity contribution is -0.122. The van der Waals surface area contributed by atoms with Gasteiger partial charge in [0.15, 0.2) is 0 Å². The second kappa shape index (κ2) is 7.99. The fourth-order valence-electron chi connectivity index (χ4n) is 4.21. The van der Waals surface area contributed by atoms with E-state index in [2.05, 4.69) is 5.32 Å². The van der Waals surface area contributed by atoms with Gasteiger partial charge in [-0.05, 0) is 61.4 Å². The Balaban J connectivity index is 1.78. The van der Waals surface area contributed by atoms with E-state index in [1.54, 1.807) is 11.4 Å². The molecule has 2 heterocycles. The number of fused-ring (bicyclic) bond motifs is 1. The summed E-state index contributed by atoms with van der Waals surface area (Å²) in [6.07, 6.45) is 5.42. The number of aromatic nitrogens is 2. The molecule has 7 heteroatoms. The zero-order valence-electron chi connectivity index (χ0n) is 16.7. The number of carbonyl (C=O) groups excluding carboxylic acids is 1. The molecule has 6 nitrogen and oxygen atoms in total. The molecule has 0 aliphatic heterocycles. The van der Waals surface area contributed by atoms with Gasteiger partial charge in [0.1, 0.15) is 11.2 Å². The highest BCUT2D eigenvalue weighted by molar-refractivity contribution is 7.17. The third kappa shape index (κ3) is 3.92. The maximum Gasteiger partial charge on any atom is 0.336 e. The van der Waals surface area contributed by atoms with E-state index in [0.29, 0.717) is 15.9 Å². The molecular weight excluding hydrogens is 386 g/mol. The van der Waals surface area contributed by atoms with E-state index in [1.165, 1.54) is 26.9 Å². The lowest BCUT2D eigenvalue weighted by Gasteiger charge is -2.23. The number of hydrogen-bond donors (Lipinski definition) is 1. The van der Waals surface area contributed by atoms with Crippen LogP contribution in [0.2, 0.25) is 0 Å². The summed E-state index contributed by atoms with van der Waals surface area (Å²) < 4.78 is 3.09. The summed E-state index contributed by atoms with van der Waals surface area (Å²) in [5.74, 6) is -0.183. The second-order valence-corrected chi connectivity index (χ2v) is 8.81. The van der Waals surface area contributed by atoms with Gasteiger partial charge in [0.25, 0.3) is 5.56 Å². The molecule has 152 valence electrons. The third-order valence-corrected chi connectivity index (χ3v) is 6.38. The minimum absolute atomic E-state index is 0.0896. The molecule has 2 aromatic heterocycles. The standard InChI is InChI=1S/C22H25N3O3S/c1-14-10-15(2)12-17(11-14)25-21(27)20-18(8-9-29-20)24(22(25)28)13-19(26)23-16-6-4-3-5-7-16/h8-12,16H,3-7,13H2,1-2H3,(H,23,26). The summed E-state index contributed by atoms with van der Waals surface area (Å²) in [6, 6.07) is 7.55. The van der Waals surface area contributed by atoms with Gasteiger partial charge in [0, 0.05) is 6.04 Å². The van der Waals surface area contributed by atoms with Crippen molar-refractivity contribution in [3.8, 4) is 5.69 Å². The van der Waals surface area contributed by atoms with Crippen LogP contribution in [0.25, 0.3) is 15.9 Å². The predicted molar refractivity (Wildman–Crippen MR) is 116 cm³/mol.